The van der Waals surface area contributed by atoms with Crippen molar-refractivity contribution in [2.24, 2.45) is 0 Å². The van der Waals surface area contributed by atoms with E-state index < -0.39 is 0 Å². The molecule has 2 aromatic heterocycles. The van der Waals surface area contributed by atoms with Crippen LogP contribution in [-0.4, -0.2) is 26.8 Å². The maximum atomic E-state index is 13.0. The summed E-state index contributed by atoms with van der Waals surface area (Å²) in [6.45, 7) is 4.02. The molecule has 0 spiro atoms. The molecule has 0 atom stereocenters. The third-order valence-electron chi connectivity index (χ3n) is 4.50. The van der Waals surface area contributed by atoms with Crippen LogP contribution in [0.3, 0.4) is 0 Å². The summed E-state index contributed by atoms with van der Waals surface area (Å²) in [4.78, 5) is 34.2. The number of H-pyrrole nitrogens is 1. The first-order chi connectivity index (χ1) is 13.0. The Morgan fingerprint density at radius 3 is 2.67 bits per heavy atom. The van der Waals surface area contributed by atoms with Crippen molar-refractivity contribution in [2.45, 2.75) is 26.4 Å². The third kappa shape index (κ3) is 3.21. The van der Waals surface area contributed by atoms with Gasteiger partial charge in [0, 0.05) is 11.4 Å². The van der Waals surface area contributed by atoms with Crippen molar-refractivity contribution in [3.63, 3.8) is 0 Å². The number of para-hydroxylation sites is 2. The number of carbonyl (C=O) groups is 1. The number of hydrogen-bond donors (Lipinski definition) is 1. The fraction of sp³-hybridized carbons (Fsp3) is 0.190. The second-order valence-electron chi connectivity index (χ2n) is 6.71. The Morgan fingerprint density at radius 2 is 1.89 bits per heavy atom. The van der Waals surface area contributed by atoms with Crippen molar-refractivity contribution in [3.05, 3.63) is 76.5 Å². The summed E-state index contributed by atoms with van der Waals surface area (Å²) >= 11 is 0. The van der Waals surface area contributed by atoms with Gasteiger partial charge in [-0.25, -0.2) is 4.98 Å². The number of nitrogens with zero attached hydrogens (tertiary/aromatic N) is 2. The van der Waals surface area contributed by atoms with Crippen LogP contribution in [0.15, 0.2) is 63.8 Å². The minimum atomic E-state index is -0.239. The van der Waals surface area contributed by atoms with E-state index in [1.807, 2.05) is 44.2 Å². The van der Waals surface area contributed by atoms with Gasteiger partial charge in [-0.1, -0.05) is 30.3 Å². The number of furan rings is 1. The van der Waals surface area contributed by atoms with E-state index in [0.717, 1.165) is 5.39 Å². The number of carbonyl (C=O) groups excluding carboxylic acids is 1. The van der Waals surface area contributed by atoms with Crippen LogP contribution in [0, 0.1) is 0 Å². The van der Waals surface area contributed by atoms with Gasteiger partial charge in [-0.05, 0) is 38.1 Å². The summed E-state index contributed by atoms with van der Waals surface area (Å²) in [5, 5.41) is 1.41. The zero-order valence-corrected chi connectivity index (χ0v) is 15.1. The third-order valence-corrected chi connectivity index (χ3v) is 4.50. The van der Waals surface area contributed by atoms with E-state index in [4.69, 9.17) is 4.42 Å². The molecular weight excluding hydrogens is 342 g/mol. The molecule has 0 fully saturated rings. The molecule has 0 saturated carbocycles. The van der Waals surface area contributed by atoms with E-state index in [1.165, 1.54) is 0 Å². The van der Waals surface area contributed by atoms with E-state index in [0.29, 0.717) is 22.3 Å². The SMILES string of the molecule is CC(C)N(Cc1nc2ccccc2c(=O)[nH]1)C(=O)c1cc2ccccc2o1. The molecule has 0 unspecified atom stereocenters. The molecule has 2 heterocycles. The summed E-state index contributed by atoms with van der Waals surface area (Å²) in [6.07, 6.45) is 0. The zero-order valence-electron chi connectivity index (χ0n) is 15.1. The van der Waals surface area contributed by atoms with Crippen LogP contribution >= 0.6 is 0 Å². The maximum Gasteiger partial charge on any atom is 0.290 e. The minimum absolute atomic E-state index is 0.0949. The molecule has 0 aliphatic rings. The number of aromatic amines is 1. The van der Waals surface area contributed by atoms with Gasteiger partial charge < -0.3 is 14.3 Å². The molecule has 6 nitrogen and oxygen atoms in total. The summed E-state index contributed by atoms with van der Waals surface area (Å²) in [5.74, 6) is 0.474. The molecule has 2 aromatic carbocycles. The van der Waals surface area contributed by atoms with Crippen molar-refractivity contribution in [1.82, 2.24) is 14.9 Å². The van der Waals surface area contributed by atoms with Crippen LogP contribution in [0.2, 0.25) is 0 Å². The van der Waals surface area contributed by atoms with Crippen molar-refractivity contribution >= 4 is 27.8 Å². The van der Waals surface area contributed by atoms with Crippen molar-refractivity contribution < 1.29 is 9.21 Å². The molecule has 0 saturated heterocycles. The molecule has 4 aromatic rings. The summed E-state index contributed by atoms with van der Waals surface area (Å²) < 4.78 is 5.71. The summed E-state index contributed by atoms with van der Waals surface area (Å²) in [5.41, 5.74) is 1.06. The normalized spacial score (nSPS) is 11.4. The lowest BCUT2D eigenvalue weighted by atomic mass is 10.2. The largest absolute Gasteiger partial charge is 0.451 e. The average Bonchev–Trinajstić information content (AvgIpc) is 3.10. The maximum absolute atomic E-state index is 13.0. The molecule has 0 aliphatic heterocycles. The van der Waals surface area contributed by atoms with Gasteiger partial charge in [-0.15, -0.1) is 0 Å². The van der Waals surface area contributed by atoms with Crippen LogP contribution in [0.25, 0.3) is 21.9 Å². The number of hydrogen-bond acceptors (Lipinski definition) is 4. The first-order valence-electron chi connectivity index (χ1n) is 8.80. The number of aromatic nitrogens is 2. The molecule has 136 valence electrons. The Kier molecular flexibility index (Phi) is 4.24. The molecule has 0 aliphatic carbocycles. The molecule has 6 heteroatoms. The quantitative estimate of drug-likeness (QED) is 0.601. The van der Waals surface area contributed by atoms with Crippen LogP contribution < -0.4 is 5.56 Å². The van der Waals surface area contributed by atoms with Crippen LogP contribution in [0.1, 0.15) is 30.2 Å². The van der Waals surface area contributed by atoms with Gasteiger partial charge >= 0.3 is 0 Å². The highest BCUT2D eigenvalue weighted by Gasteiger charge is 2.23. The zero-order chi connectivity index (χ0) is 19.0. The molecule has 4 rings (SSSR count). The van der Waals surface area contributed by atoms with Gasteiger partial charge in [-0.2, -0.15) is 0 Å². The lowest BCUT2D eigenvalue weighted by molar-refractivity contribution is 0.0654. The van der Waals surface area contributed by atoms with Gasteiger partial charge in [0.25, 0.3) is 11.5 Å². The first-order valence-corrected chi connectivity index (χ1v) is 8.80. The number of rotatable bonds is 4. The number of benzene rings is 2. The Morgan fingerprint density at radius 1 is 1.15 bits per heavy atom. The van der Waals surface area contributed by atoms with Crippen LogP contribution in [0.5, 0.6) is 0 Å². The van der Waals surface area contributed by atoms with Gasteiger partial charge in [0.2, 0.25) is 0 Å². The first kappa shape index (κ1) is 17.0. The highest BCUT2D eigenvalue weighted by molar-refractivity contribution is 5.96. The monoisotopic (exact) mass is 361 g/mol. The molecule has 0 bridgehead atoms. The number of nitrogens with one attached hydrogen (secondary N) is 1. The Hall–Kier alpha value is -3.41. The number of amides is 1. The second-order valence-corrected chi connectivity index (χ2v) is 6.71. The average molecular weight is 361 g/mol. The molecule has 0 radical (unpaired) electrons. The van der Waals surface area contributed by atoms with Gasteiger partial charge in [0.15, 0.2) is 5.76 Å². The van der Waals surface area contributed by atoms with Crippen LogP contribution in [0.4, 0.5) is 0 Å². The van der Waals surface area contributed by atoms with E-state index in [9.17, 15) is 9.59 Å². The highest BCUT2D eigenvalue weighted by atomic mass is 16.3. The predicted molar refractivity (Wildman–Crippen MR) is 104 cm³/mol. The molecular formula is C21H19N3O3. The fourth-order valence-electron chi connectivity index (χ4n) is 3.09. The van der Waals surface area contributed by atoms with Crippen LogP contribution in [-0.2, 0) is 6.54 Å². The van der Waals surface area contributed by atoms with E-state index in [-0.39, 0.29) is 29.8 Å². The Bertz CT molecular complexity index is 1160. The van der Waals surface area contributed by atoms with Crippen molar-refractivity contribution in [3.8, 4) is 0 Å². The molecule has 1 amide bonds. The standard InChI is InChI=1S/C21H19N3O3/c1-13(2)24(21(26)18-11-14-7-3-6-10-17(14)27-18)12-19-22-16-9-5-4-8-15(16)20(25)23-19/h3-11,13H,12H2,1-2H3,(H,22,23,25). The second kappa shape index (κ2) is 6.72. The molecule has 27 heavy (non-hydrogen) atoms. The van der Waals surface area contributed by atoms with Crippen molar-refractivity contribution in [2.75, 3.05) is 0 Å². The lowest BCUT2D eigenvalue weighted by Crippen LogP contribution is -2.37. The Balaban J connectivity index is 1.68. The number of fused-ring (bicyclic) bond motifs is 2. The Labute approximate surface area is 155 Å². The van der Waals surface area contributed by atoms with Crippen molar-refractivity contribution in [1.29, 1.82) is 0 Å². The molecule has 1 N–H and O–H groups in total. The van der Waals surface area contributed by atoms with Gasteiger partial charge in [-0.3, -0.25) is 9.59 Å². The fourth-order valence-corrected chi connectivity index (χ4v) is 3.09. The summed E-state index contributed by atoms with van der Waals surface area (Å²) in [7, 11) is 0. The smallest absolute Gasteiger partial charge is 0.290 e. The van der Waals surface area contributed by atoms with Gasteiger partial charge in [0.05, 0.1) is 17.4 Å². The summed E-state index contributed by atoms with van der Waals surface area (Å²) in [6, 6.07) is 16.3. The minimum Gasteiger partial charge on any atom is -0.451 e. The highest BCUT2D eigenvalue weighted by Crippen LogP contribution is 2.21. The lowest BCUT2D eigenvalue weighted by Gasteiger charge is -2.25. The van der Waals surface area contributed by atoms with Gasteiger partial charge in [0.1, 0.15) is 11.4 Å². The predicted octanol–water partition coefficient (Wildman–Crippen LogP) is 3.72. The van der Waals surface area contributed by atoms with E-state index >= 15 is 0 Å². The van der Waals surface area contributed by atoms with E-state index in [2.05, 4.69) is 9.97 Å². The topological polar surface area (TPSA) is 79.2 Å². The van der Waals surface area contributed by atoms with E-state index in [1.54, 1.807) is 29.2 Å².